The van der Waals surface area contributed by atoms with Crippen LogP contribution in [0.25, 0.3) is 0 Å². The quantitative estimate of drug-likeness (QED) is 0.741. The fraction of sp³-hybridized carbons (Fsp3) is 0.650. The number of fused-ring (bicyclic) bond motifs is 1. The number of carbonyl (C=O) groups is 1. The minimum Gasteiger partial charge on any atom is -0.484 e. The normalized spacial score (nSPS) is 18.6. The Hall–Kier alpha value is -1.59. The summed E-state index contributed by atoms with van der Waals surface area (Å²) in [5.74, 6) is 0.731. The third-order valence-electron chi connectivity index (χ3n) is 5.22. The van der Waals surface area contributed by atoms with Gasteiger partial charge < -0.3 is 20.1 Å². The van der Waals surface area contributed by atoms with Crippen molar-refractivity contribution in [1.82, 2.24) is 10.2 Å². The molecule has 3 rings (SSSR count). The molecule has 0 unspecified atom stereocenters. The van der Waals surface area contributed by atoms with Crippen molar-refractivity contribution in [3.05, 3.63) is 29.3 Å². The van der Waals surface area contributed by atoms with Gasteiger partial charge in [-0.15, -0.1) is 0 Å². The van der Waals surface area contributed by atoms with E-state index >= 15 is 0 Å². The number of piperidine rings is 1. The summed E-state index contributed by atoms with van der Waals surface area (Å²) in [6, 6.07) is 6.20. The molecule has 1 aliphatic carbocycles. The van der Waals surface area contributed by atoms with Gasteiger partial charge in [-0.25, -0.2) is 0 Å². The molecule has 1 aromatic rings. The molecule has 138 valence electrons. The number of ether oxygens (including phenoxy) is 1. The molecule has 2 N–H and O–H groups in total. The lowest BCUT2D eigenvalue weighted by Crippen LogP contribution is -2.38. The maximum atomic E-state index is 11.9. The summed E-state index contributed by atoms with van der Waals surface area (Å²) in [6.45, 7) is 3.63. The second kappa shape index (κ2) is 9.20. The van der Waals surface area contributed by atoms with Crippen molar-refractivity contribution in [1.29, 1.82) is 0 Å². The van der Waals surface area contributed by atoms with Gasteiger partial charge in [0.2, 0.25) is 0 Å². The second-order valence-corrected chi connectivity index (χ2v) is 7.20. The standard InChI is InChI=1S/C20H30N2O3/c23-18-8-12-22(13-9-18)11-3-10-21-20(24)15-25-19-7-6-16-4-1-2-5-17(16)14-19/h6-7,14,18,23H,1-5,8-13,15H2,(H,21,24). The molecule has 5 nitrogen and oxygen atoms in total. The zero-order valence-corrected chi connectivity index (χ0v) is 15.0. The Kier molecular flexibility index (Phi) is 6.70. The molecule has 1 amide bonds. The SMILES string of the molecule is O=C(COc1ccc2c(c1)CCCC2)NCCCN1CCC(O)CC1. The number of benzene rings is 1. The Balaban J connectivity index is 1.30. The molecule has 1 heterocycles. The van der Waals surface area contributed by atoms with E-state index in [4.69, 9.17) is 4.74 Å². The third-order valence-corrected chi connectivity index (χ3v) is 5.22. The first kappa shape index (κ1) is 18.2. The van der Waals surface area contributed by atoms with Crippen LogP contribution in [0.15, 0.2) is 18.2 Å². The fourth-order valence-corrected chi connectivity index (χ4v) is 3.67. The van der Waals surface area contributed by atoms with Crippen molar-refractivity contribution in [2.24, 2.45) is 0 Å². The highest BCUT2D eigenvalue weighted by molar-refractivity contribution is 5.77. The summed E-state index contributed by atoms with van der Waals surface area (Å²) >= 11 is 0. The van der Waals surface area contributed by atoms with Gasteiger partial charge in [0.05, 0.1) is 6.10 Å². The number of hydrogen-bond acceptors (Lipinski definition) is 4. The predicted molar refractivity (Wildman–Crippen MR) is 97.9 cm³/mol. The van der Waals surface area contributed by atoms with Crippen LogP contribution in [0.5, 0.6) is 5.75 Å². The number of hydrogen-bond donors (Lipinski definition) is 2. The van der Waals surface area contributed by atoms with E-state index in [1.165, 1.54) is 24.0 Å². The molecular formula is C20H30N2O3. The summed E-state index contributed by atoms with van der Waals surface area (Å²) in [7, 11) is 0. The number of amides is 1. The van der Waals surface area contributed by atoms with Crippen LogP contribution in [-0.2, 0) is 17.6 Å². The molecule has 1 aliphatic heterocycles. The average molecular weight is 346 g/mol. The zero-order valence-electron chi connectivity index (χ0n) is 15.0. The van der Waals surface area contributed by atoms with Crippen LogP contribution >= 0.6 is 0 Å². The van der Waals surface area contributed by atoms with Crippen molar-refractivity contribution in [3.8, 4) is 5.75 Å². The van der Waals surface area contributed by atoms with E-state index in [-0.39, 0.29) is 18.6 Å². The van der Waals surface area contributed by atoms with Crippen LogP contribution in [0.3, 0.4) is 0 Å². The van der Waals surface area contributed by atoms with Gasteiger partial charge in [-0.2, -0.15) is 0 Å². The van der Waals surface area contributed by atoms with Crippen LogP contribution in [-0.4, -0.2) is 54.8 Å². The largest absolute Gasteiger partial charge is 0.484 e. The van der Waals surface area contributed by atoms with Gasteiger partial charge in [-0.3, -0.25) is 4.79 Å². The number of likely N-dealkylation sites (tertiary alicyclic amines) is 1. The summed E-state index contributed by atoms with van der Waals surface area (Å²) < 4.78 is 5.64. The van der Waals surface area contributed by atoms with Gasteiger partial charge in [-0.05, 0) is 74.8 Å². The minimum absolute atomic E-state index is 0.0632. The molecule has 1 fully saturated rings. The Morgan fingerprint density at radius 1 is 1.20 bits per heavy atom. The first-order chi connectivity index (χ1) is 12.2. The monoisotopic (exact) mass is 346 g/mol. The average Bonchev–Trinajstić information content (AvgIpc) is 2.65. The smallest absolute Gasteiger partial charge is 0.257 e. The first-order valence-electron chi connectivity index (χ1n) is 9.62. The molecule has 0 atom stereocenters. The van der Waals surface area contributed by atoms with Crippen molar-refractivity contribution < 1.29 is 14.6 Å². The van der Waals surface area contributed by atoms with Gasteiger partial charge in [0, 0.05) is 19.6 Å². The van der Waals surface area contributed by atoms with E-state index < -0.39 is 0 Å². The Labute approximate surface area is 150 Å². The molecule has 1 saturated heterocycles. The van der Waals surface area contributed by atoms with E-state index in [9.17, 15) is 9.90 Å². The summed E-state index contributed by atoms with van der Waals surface area (Å²) in [5, 5.41) is 12.4. The molecule has 5 heteroatoms. The number of nitrogens with one attached hydrogen (secondary N) is 1. The third kappa shape index (κ3) is 5.72. The van der Waals surface area contributed by atoms with Crippen molar-refractivity contribution >= 4 is 5.91 Å². The van der Waals surface area contributed by atoms with E-state index in [1.54, 1.807) is 0 Å². The van der Waals surface area contributed by atoms with Crippen molar-refractivity contribution in [2.75, 3.05) is 32.8 Å². The Morgan fingerprint density at radius 2 is 1.96 bits per heavy atom. The minimum atomic E-state index is -0.128. The van der Waals surface area contributed by atoms with E-state index in [0.717, 1.165) is 57.5 Å². The lowest BCUT2D eigenvalue weighted by Gasteiger charge is -2.29. The Morgan fingerprint density at radius 3 is 2.76 bits per heavy atom. The molecule has 0 radical (unpaired) electrons. The summed E-state index contributed by atoms with van der Waals surface area (Å²) in [4.78, 5) is 14.3. The lowest BCUT2D eigenvalue weighted by atomic mass is 9.92. The van der Waals surface area contributed by atoms with Crippen LogP contribution in [0, 0.1) is 0 Å². The highest BCUT2D eigenvalue weighted by Gasteiger charge is 2.16. The van der Waals surface area contributed by atoms with Crippen LogP contribution in [0.2, 0.25) is 0 Å². The molecule has 2 aliphatic rings. The lowest BCUT2D eigenvalue weighted by molar-refractivity contribution is -0.123. The van der Waals surface area contributed by atoms with E-state index in [2.05, 4.69) is 22.3 Å². The number of aryl methyl sites for hydroxylation is 2. The van der Waals surface area contributed by atoms with Crippen LogP contribution < -0.4 is 10.1 Å². The van der Waals surface area contributed by atoms with Gasteiger partial charge in [-0.1, -0.05) is 6.07 Å². The number of aliphatic hydroxyl groups excluding tert-OH is 1. The van der Waals surface area contributed by atoms with Gasteiger partial charge in [0.15, 0.2) is 6.61 Å². The topological polar surface area (TPSA) is 61.8 Å². The van der Waals surface area contributed by atoms with Crippen molar-refractivity contribution in [2.45, 2.75) is 51.0 Å². The first-order valence-corrected chi connectivity index (χ1v) is 9.62. The van der Waals surface area contributed by atoms with Gasteiger partial charge >= 0.3 is 0 Å². The summed E-state index contributed by atoms with van der Waals surface area (Å²) in [5.41, 5.74) is 2.80. The molecule has 0 spiro atoms. The molecule has 0 bridgehead atoms. The van der Waals surface area contributed by atoms with Crippen molar-refractivity contribution in [3.63, 3.8) is 0 Å². The van der Waals surface area contributed by atoms with Gasteiger partial charge in [0.1, 0.15) is 5.75 Å². The number of nitrogens with zero attached hydrogens (tertiary/aromatic N) is 1. The highest BCUT2D eigenvalue weighted by atomic mass is 16.5. The molecule has 0 aromatic heterocycles. The van der Waals surface area contributed by atoms with Gasteiger partial charge in [0.25, 0.3) is 5.91 Å². The number of carbonyl (C=O) groups excluding carboxylic acids is 1. The highest BCUT2D eigenvalue weighted by Crippen LogP contribution is 2.25. The van der Waals surface area contributed by atoms with Crippen LogP contribution in [0.1, 0.15) is 43.2 Å². The fourth-order valence-electron chi connectivity index (χ4n) is 3.67. The zero-order chi connectivity index (χ0) is 17.5. The maximum Gasteiger partial charge on any atom is 0.257 e. The predicted octanol–water partition coefficient (Wildman–Crippen LogP) is 1.91. The summed E-state index contributed by atoms with van der Waals surface area (Å²) in [6.07, 6.45) is 7.32. The second-order valence-electron chi connectivity index (χ2n) is 7.20. The Bertz CT molecular complexity index is 568. The molecule has 0 saturated carbocycles. The molecule has 1 aromatic carbocycles. The maximum absolute atomic E-state index is 11.9. The number of rotatable bonds is 7. The van der Waals surface area contributed by atoms with E-state index in [1.807, 2.05) is 6.07 Å². The number of aliphatic hydroxyl groups is 1. The molecule has 25 heavy (non-hydrogen) atoms. The molecular weight excluding hydrogens is 316 g/mol. The van der Waals surface area contributed by atoms with E-state index in [0.29, 0.717) is 6.54 Å². The van der Waals surface area contributed by atoms with Crippen LogP contribution in [0.4, 0.5) is 0 Å².